The Labute approximate surface area is 91.0 Å². The molecule has 0 bridgehead atoms. The molecule has 0 aliphatic rings. The summed E-state index contributed by atoms with van der Waals surface area (Å²) >= 11 is 0. The van der Waals surface area contributed by atoms with Gasteiger partial charge >= 0.3 is 0 Å². The van der Waals surface area contributed by atoms with E-state index in [0.29, 0.717) is 6.61 Å². The first-order valence-electron chi connectivity index (χ1n) is 5.07. The van der Waals surface area contributed by atoms with Crippen molar-refractivity contribution in [3.63, 3.8) is 0 Å². The third kappa shape index (κ3) is 2.12. The van der Waals surface area contributed by atoms with Crippen molar-refractivity contribution in [2.24, 2.45) is 0 Å². The molecule has 3 heteroatoms. The van der Waals surface area contributed by atoms with E-state index in [2.05, 4.69) is 18.4 Å². The number of nitrogens with zero attached hydrogens (tertiary/aromatic N) is 1. The maximum absolute atomic E-state index is 10.8. The highest BCUT2D eigenvalue weighted by Crippen LogP contribution is 2.24. The van der Waals surface area contributed by atoms with Crippen LogP contribution >= 0.6 is 0 Å². The summed E-state index contributed by atoms with van der Waals surface area (Å²) in [6.07, 6.45) is 0.904. The Morgan fingerprint density at radius 3 is 2.47 bits per heavy atom. The number of methoxy groups -OCH3 is 1. The van der Waals surface area contributed by atoms with Crippen LogP contribution in [0.4, 0.5) is 0 Å². The fourth-order valence-electron chi connectivity index (χ4n) is 2.26. The van der Waals surface area contributed by atoms with E-state index in [1.54, 1.807) is 7.11 Å². The number of rotatable bonds is 4. The minimum absolute atomic E-state index is 0.121. The minimum atomic E-state index is -0.121. The van der Waals surface area contributed by atoms with E-state index in [-0.39, 0.29) is 5.54 Å². The molecule has 0 aromatic carbocycles. The predicted octanol–water partition coefficient (Wildman–Crippen LogP) is 2.30. The standard InChI is InChI=1S/C12H19NO2/c1-9-6-11(7-14)10(2)13(9)12(3,4)8-15-5/h6-7H,8H2,1-5H3. The molecular weight excluding hydrogens is 190 g/mol. The van der Waals surface area contributed by atoms with Gasteiger partial charge in [0.2, 0.25) is 0 Å². The Morgan fingerprint density at radius 1 is 1.47 bits per heavy atom. The van der Waals surface area contributed by atoms with Crippen molar-refractivity contribution in [1.29, 1.82) is 0 Å². The molecule has 0 saturated carbocycles. The molecule has 0 saturated heterocycles. The van der Waals surface area contributed by atoms with Gasteiger partial charge in [-0.15, -0.1) is 0 Å². The van der Waals surface area contributed by atoms with E-state index in [0.717, 1.165) is 23.2 Å². The number of aryl methyl sites for hydroxylation is 1. The van der Waals surface area contributed by atoms with Gasteiger partial charge in [0.05, 0.1) is 12.1 Å². The average molecular weight is 209 g/mol. The van der Waals surface area contributed by atoms with Gasteiger partial charge in [-0.2, -0.15) is 0 Å². The summed E-state index contributed by atoms with van der Waals surface area (Å²) in [5.41, 5.74) is 2.74. The Morgan fingerprint density at radius 2 is 2.07 bits per heavy atom. The molecule has 0 N–H and O–H groups in total. The van der Waals surface area contributed by atoms with Crippen LogP contribution < -0.4 is 0 Å². The minimum Gasteiger partial charge on any atom is -0.382 e. The van der Waals surface area contributed by atoms with Crippen molar-refractivity contribution in [3.05, 3.63) is 23.0 Å². The third-order valence-corrected chi connectivity index (χ3v) is 2.70. The van der Waals surface area contributed by atoms with E-state index in [1.807, 2.05) is 19.9 Å². The van der Waals surface area contributed by atoms with Gasteiger partial charge in [0.15, 0.2) is 6.29 Å². The SMILES string of the molecule is COCC(C)(C)n1c(C)cc(C=O)c1C. The Hall–Kier alpha value is -1.09. The first kappa shape index (κ1) is 12.0. The highest BCUT2D eigenvalue weighted by molar-refractivity contribution is 5.77. The van der Waals surface area contributed by atoms with Crippen LogP contribution in [-0.2, 0) is 10.3 Å². The Kier molecular flexibility index (Phi) is 3.35. The molecule has 1 heterocycles. The molecular formula is C12H19NO2. The van der Waals surface area contributed by atoms with Crippen LogP contribution in [0.2, 0.25) is 0 Å². The molecule has 0 spiro atoms. The van der Waals surface area contributed by atoms with Gasteiger partial charge in [-0.1, -0.05) is 0 Å². The molecule has 0 unspecified atom stereocenters. The molecule has 0 aliphatic carbocycles. The van der Waals surface area contributed by atoms with Gasteiger partial charge in [-0.05, 0) is 33.8 Å². The molecule has 0 aliphatic heterocycles. The topological polar surface area (TPSA) is 31.2 Å². The predicted molar refractivity (Wildman–Crippen MR) is 60.5 cm³/mol. The van der Waals surface area contributed by atoms with Crippen molar-refractivity contribution < 1.29 is 9.53 Å². The average Bonchev–Trinajstić information content (AvgIpc) is 2.41. The maximum atomic E-state index is 10.8. The molecule has 1 aromatic rings. The molecule has 0 atom stereocenters. The summed E-state index contributed by atoms with van der Waals surface area (Å²) in [5, 5.41) is 0. The molecule has 84 valence electrons. The van der Waals surface area contributed by atoms with Gasteiger partial charge in [0, 0.05) is 24.1 Å². The van der Waals surface area contributed by atoms with Crippen molar-refractivity contribution >= 4 is 6.29 Å². The number of aldehydes is 1. The van der Waals surface area contributed by atoms with Crippen molar-refractivity contribution in [1.82, 2.24) is 4.57 Å². The molecule has 0 amide bonds. The molecule has 15 heavy (non-hydrogen) atoms. The van der Waals surface area contributed by atoms with Crippen LogP contribution in [0.5, 0.6) is 0 Å². The summed E-state index contributed by atoms with van der Waals surface area (Å²) in [7, 11) is 1.69. The zero-order valence-electron chi connectivity index (χ0n) is 10.1. The fraction of sp³-hybridized carbons (Fsp3) is 0.583. The van der Waals surface area contributed by atoms with Crippen LogP contribution in [0, 0.1) is 13.8 Å². The Bertz CT molecular complexity index is 364. The second-order valence-electron chi connectivity index (χ2n) is 4.53. The van der Waals surface area contributed by atoms with Gasteiger partial charge < -0.3 is 9.30 Å². The fourth-order valence-corrected chi connectivity index (χ4v) is 2.26. The highest BCUT2D eigenvalue weighted by atomic mass is 16.5. The third-order valence-electron chi connectivity index (χ3n) is 2.70. The summed E-state index contributed by atoms with van der Waals surface area (Å²) in [6.45, 7) is 8.81. The second-order valence-corrected chi connectivity index (χ2v) is 4.53. The molecule has 1 aromatic heterocycles. The summed E-state index contributed by atoms with van der Waals surface area (Å²) < 4.78 is 7.36. The number of ether oxygens (including phenoxy) is 1. The van der Waals surface area contributed by atoms with E-state index in [4.69, 9.17) is 4.74 Å². The van der Waals surface area contributed by atoms with Gasteiger partial charge in [-0.25, -0.2) is 0 Å². The highest BCUT2D eigenvalue weighted by Gasteiger charge is 2.24. The lowest BCUT2D eigenvalue weighted by atomic mass is 10.1. The van der Waals surface area contributed by atoms with Crippen LogP contribution in [0.25, 0.3) is 0 Å². The molecule has 3 nitrogen and oxygen atoms in total. The van der Waals surface area contributed by atoms with Crippen molar-refractivity contribution in [3.8, 4) is 0 Å². The quantitative estimate of drug-likeness (QED) is 0.712. The lowest BCUT2D eigenvalue weighted by molar-refractivity contribution is 0.106. The van der Waals surface area contributed by atoms with Crippen molar-refractivity contribution in [2.75, 3.05) is 13.7 Å². The number of aromatic nitrogens is 1. The van der Waals surface area contributed by atoms with E-state index in [9.17, 15) is 4.79 Å². The molecule has 0 radical (unpaired) electrons. The lowest BCUT2D eigenvalue weighted by Crippen LogP contribution is -2.33. The zero-order chi connectivity index (χ0) is 11.6. The largest absolute Gasteiger partial charge is 0.382 e. The lowest BCUT2D eigenvalue weighted by Gasteiger charge is -2.29. The van der Waals surface area contributed by atoms with Crippen LogP contribution in [0.15, 0.2) is 6.07 Å². The first-order chi connectivity index (χ1) is 6.94. The normalized spacial score (nSPS) is 11.8. The van der Waals surface area contributed by atoms with Gasteiger partial charge in [-0.3, -0.25) is 4.79 Å². The maximum Gasteiger partial charge on any atom is 0.151 e. The van der Waals surface area contributed by atoms with E-state index >= 15 is 0 Å². The Balaban J connectivity index is 3.24. The summed E-state index contributed by atoms with van der Waals surface area (Å²) in [6, 6.07) is 1.92. The van der Waals surface area contributed by atoms with E-state index < -0.39 is 0 Å². The second kappa shape index (κ2) is 4.19. The summed E-state index contributed by atoms with van der Waals surface area (Å²) in [4.78, 5) is 10.8. The molecule has 0 fully saturated rings. The van der Waals surface area contributed by atoms with Crippen molar-refractivity contribution in [2.45, 2.75) is 33.2 Å². The number of carbonyl (C=O) groups excluding carboxylic acids is 1. The zero-order valence-corrected chi connectivity index (χ0v) is 10.1. The van der Waals surface area contributed by atoms with Gasteiger partial charge in [0.25, 0.3) is 0 Å². The van der Waals surface area contributed by atoms with E-state index in [1.165, 1.54) is 0 Å². The van der Waals surface area contributed by atoms with Crippen LogP contribution in [-0.4, -0.2) is 24.6 Å². The van der Waals surface area contributed by atoms with Gasteiger partial charge in [0.1, 0.15) is 0 Å². The number of hydrogen-bond donors (Lipinski definition) is 0. The summed E-state index contributed by atoms with van der Waals surface area (Å²) in [5.74, 6) is 0. The van der Waals surface area contributed by atoms with Crippen LogP contribution in [0.1, 0.15) is 35.6 Å². The number of carbonyl (C=O) groups is 1. The smallest absolute Gasteiger partial charge is 0.151 e. The molecule has 1 rings (SSSR count). The number of hydrogen-bond acceptors (Lipinski definition) is 2. The first-order valence-corrected chi connectivity index (χ1v) is 5.07. The van der Waals surface area contributed by atoms with Crippen LogP contribution in [0.3, 0.4) is 0 Å². The monoisotopic (exact) mass is 209 g/mol.